The molecule has 3 heterocycles. The lowest BCUT2D eigenvalue weighted by molar-refractivity contribution is -0.0894. The van der Waals surface area contributed by atoms with E-state index in [0.717, 1.165) is 0 Å². The second kappa shape index (κ2) is 8.16. The molecule has 0 bridgehead atoms. The van der Waals surface area contributed by atoms with E-state index in [9.17, 15) is 27.2 Å². The lowest BCUT2D eigenvalue weighted by Gasteiger charge is -2.53. The molecular weight excluding hydrogens is 442 g/mol. The number of ether oxygens (including phenoxy) is 1. The van der Waals surface area contributed by atoms with E-state index < -0.39 is 23.3 Å². The number of halogens is 4. The zero-order chi connectivity index (χ0) is 24.1. The van der Waals surface area contributed by atoms with Gasteiger partial charge in [-0.05, 0) is 51.1 Å². The van der Waals surface area contributed by atoms with E-state index in [2.05, 4.69) is 4.90 Å². The minimum atomic E-state index is -4.95. The van der Waals surface area contributed by atoms with Gasteiger partial charge < -0.3 is 14.2 Å². The third-order valence-corrected chi connectivity index (χ3v) is 7.01. The van der Waals surface area contributed by atoms with Crippen LogP contribution in [0.4, 0.5) is 17.6 Å². The molecule has 1 aromatic heterocycles. The molecule has 2 aliphatic rings. The number of para-hydroxylation sites is 1. The Balaban J connectivity index is 1.63. The van der Waals surface area contributed by atoms with Crippen molar-refractivity contribution in [1.82, 2.24) is 14.4 Å². The highest BCUT2D eigenvalue weighted by molar-refractivity contribution is 5.99. The normalized spacial score (nSPS) is 20.6. The van der Waals surface area contributed by atoms with Crippen LogP contribution in [0.3, 0.4) is 0 Å². The van der Waals surface area contributed by atoms with Gasteiger partial charge in [-0.2, -0.15) is 13.2 Å². The summed E-state index contributed by atoms with van der Waals surface area (Å²) in [4.78, 5) is 28.8. The minimum absolute atomic E-state index is 0.115. The number of aromatic nitrogens is 1. The molecule has 1 saturated heterocycles. The van der Waals surface area contributed by atoms with Gasteiger partial charge in [0.25, 0.3) is 11.7 Å². The topological polar surface area (TPSA) is 54.8 Å². The second-order valence-corrected chi connectivity index (χ2v) is 8.65. The summed E-state index contributed by atoms with van der Waals surface area (Å²) in [6, 6.07) is 6.88. The fraction of sp³-hybridized carbons (Fsp3) is 0.478. The van der Waals surface area contributed by atoms with Crippen molar-refractivity contribution in [3.05, 3.63) is 53.1 Å². The highest BCUT2D eigenvalue weighted by Gasteiger charge is 2.49. The van der Waals surface area contributed by atoms with Gasteiger partial charge >= 0.3 is 6.18 Å². The fourth-order valence-electron chi connectivity index (χ4n) is 5.15. The average molecular weight is 467 g/mol. The molecule has 2 aliphatic heterocycles. The van der Waals surface area contributed by atoms with Crippen molar-refractivity contribution < 1.29 is 31.9 Å². The van der Waals surface area contributed by atoms with Crippen molar-refractivity contribution >= 4 is 11.7 Å². The molecule has 178 valence electrons. The van der Waals surface area contributed by atoms with E-state index in [-0.39, 0.29) is 35.5 Å². The Labute approximate surface area is 188 Å². The molecule has 1 atom stereocenters. The number of piperidine rings is 1. The van der Waals surface area contributed by atoms with E-state index in [0.29, 0.717) is 31.6 Å². The maximum absolute atomic E-state index is 14.1. The van der Waals surface area contributed by atoms with Gasteiger partial charge in [-0.15, -0.1) is 0 Å². The summed E-state index contributed by atoms with van der Waals surface area (Å²) < 4.78 is 60.0. The molecule has 0 unspecified atom stereocenters. The van der Waals surface area contributed by atoms with E-state index in [1.165, 1.54) is 35.9 Å². The molecule has 6 nitrogen and oxygen atoms in total. The lowest BCUT2D eigenvalue weighted by atomic mass is 9.80. The van der Waals surface area contributed by atoms with Crippen LogP contribution in [0.25, 0.3) is 0 Å². The third kappa shape index (κ3) is 3.70. The van der Waals surface area contributed by atoms with Crippen LogP contribution in [0.15, 0.2) is 30.3 Å². The molecule has 0 radical (unpaired) electrons. The van der Waals surface area contributed by atoms with Crippen molar-refractivity contribution in [2.24, 2.45) is 0 Å². The number of fused-ring (bicyclic) bond motifs is 2. The van der Waals surface area contributed by atoms with Crippen LogP contribution in [0.2, 0.25) is 0 Å². The number of likely N-dealkylation sites (N-methyl/N-ethyl adjacent to an activating group) is 1. The molecular formula is C23H25F4N3O3. The van der Waals surface area contributed by atoms with Crippen LogP contribution >= 0.6 is 0 Å². The summed E-state index contributed by atoms with van der Waals surface area (Å²) in [6.07, 6.45) is -4.03. The first-order valence-corrected chi connectivity index (χ1v) is 10.7. The molecule has 33 heavy (non-hydrogen) atoms. The number of Topliss-reactive ketones (excluding diaryl/α,β-unsaturated/α-hetero) is 1. The van der Waals surface area contributed by atoms with E-state index in [4.69, 9.17) is 4.74 Å². The Morgan fingerprint density at radius 3 is 2.39 bits per heavy atom. The Hall–Kier alpha value is -2.88. The number of ketones is 1. The molecule has 1 aromatic carbocycles. The Kier molecular flexibility index (Phi) is 5.76. The fourth-order valence-corrected chi connectivity index (χ4v) is 5.15. The number of rotatable bonds is 3. The zero-order valence-corrected chi connectivity index (χ0v) is 18.6. The first kappa shape index (κ1) is 23.3. The molecule has 4 rings (SSSR count). The molecule has 0 saturated carbocycles. The minimum Gasteiger partial charge on any atom is -0.493 e. The second-order valence-electron chi connectivity index (χ2n) is 8.65. The largest absolute Gasteiger partial charge is 0.493 e. The Bertz CT molecular complexity index is 1090. The third-order valence-electron chi connectivity index (χ3n) is 7.01. The number of hydrogen-bond donors (Lipinski definition) is 0. The number of alkyl halides is 3. The first-order valence-electron chi connectivity index (χ1n) is 10.7. The zero-order valence-electron chi connectivity index (χ0n) is 18.6. The maximum Gasteiger partial charge on any atom is 0.456 e. The number of nitrogens with zero attached hydrogens (tertiary/aromatic N) is 3. The van der Waals surface area contributed by atoms with Gasteiger partial charge in [0.15, 0.2) is 11.6 Å². The number of benzene rings is 1. The van der Waals surface area contributed by atoms with Gasteiger partial charge in [-0.1, -0.05) is 6.07 Å². The van der Waals surface area contributed by atoms with Crippen LogP contribution in [0.5, 0.6) is 5.75 Å². The monoisotopic (exact) mass is 467 g/mol. The molecule has 2 aromatic rings. The van der Waals surface area contributed by atoms with Gasteiger partial charge in [-0.3, -0.25) is 14.5 Å². The summed E-state index contributed by atoms with van der Waals surface area (Å²) in [5, 5.41) is 0. The van der Waals surface area contributed by atoms with Gasteiger partial charge in [0.1, 0.15) is 0 Å². The summed E-state index contributed by atoms with van der Waals surface area (Å²) in [6.45, 7) is 2.81. The quantitative estimate of drug-likeness (QED) is 0.509. The van der Waals surface area contributed by atoms with Gasteiger partial charge in [0, 0.05) is 31.4 Å². The maximum atomic E-state index is 14.1. The molecule has 0 aliphatic carbocycles. The van der Waals surface area contributed by atoms with Crippen molar-refractivity contribution in [1.29, 1.82) is 0 Å². The smallest absolute Gasteiger partial charge is 0.456 e. The summed E-state index contributed by atoms with van der Waals surface area (Å²) >= 11 is 0. The van der Waals surface area contributed by atoms with Gasteiger partial charge in [0.05, 0.1) is 23.9 Å². The van der Waals surface area contributed by atoms with Gasteiger partial charge in [-0.25, -0.2) is 4.39 Å². The number of hydrogen-bond acceptors (Lipinski definition) is 4. The average Bonchev–Trinajstić information content (AvgIpc) is 3.20. The predicted molar refractivity (Wildman–Crippen MR) is 112 cm³/mol. The van der Waals surface area contributed by atoms with Crippen LogP contribution in [0, 0.1) is 5.82 Å². The standard InChI is InChI=1S/C23H25F4N3O3/c1-14-13-30-17(20(31)23(25,26)27)7-8-18(30)22(28(14)2)9-11-29(12-10-22)21(32)15-5-4-6-16(24)19(15)33-3/h4-8,14H,9-13H2,1-3H3/t14-/m0/s1. The predicted octanol–water partition coefficient (Wildman–Crippen LogP) is 3.85. The van der Waals surface area contributed by atoms with Gasteiger partial charge in [0.2, 0.25) is 0 Å². The highest BCUT2D eigenvalue weighted by Crippen LogP contribution is 2.44. The summed E-state index contributed by atoms with van der Waals surface area (Å²) in [5.74, 6) is -2.96. The Morgan fingerprint density at radius 1 is 1.12 bits per heavy atom. The number of carbonyl (C=O) groups is 2. The number of methoxy groups -OCH3 is 1. The molecule has 1 fully saturated rings. The number of amides is 1. The van der Waals surface area contributed by atoms with Crippen LogP contribution < -0.4 is 4.74 Å². The Morgan fingerprint density at radius 2 is 1.79 bits per heavy atom. The lowest BCUT2D eigenvalue weighted by Crippen LogP contribution is -2.59. The van der Waals surface area contributed by atoms with Crippen LogP contribution in [0.1, 0.15) is 46.3 Å². The SMILES string of the molecule is COc1c(F)cccc1C(=O)N1CCC2(CC1)c1ccc(C(=O)C(F)(F)F)n1C[C@H](C)N2C. The molecule has 1 amide bonds. The van der Waals surface area contributed by atoms with Crippen molar-refractivity contribution in [3.63, 3.8) is 0 Å². The van der Waals surface area contributed by atoms with E-state index >= 15 is 0 Å². The van der Waals surface area contributed by atoms with E-state index in [1.807, 2.05) is 14.0 Å². The van der Waals surface area contributed by atoms with Crippen molar-refractivity contribution in [3.8, 4) is 5.75 Å². The molecule has 0 N–H and O–H groups in total. The summed E-state index contributed by atoms with van der Waals surface area (Å²) in [5.41, 5.74) is -0.212. The number of likely N-dealkylation sites (tertiary alicyclic amines) is 1. The van der Waals surface area contributed by atoms with Crippen LogP contribution in [-0.4, -0.2) is 65.5 Å². The van der Waals surface area contributed by atoms with Crippen molar-refractivity contribution in [2.45, 2.75) is 44.1 Å². The molecule has 1 spiro atoms. The number of carbonyl (C=O) groups excluding carboxylic acids is 2. The first-order chi connectivity index (χ1) is 15.5. The van der Waals surface area contributed by atoms with Crippen LogP contribution in [-0.2, 0) is 12.1 Å². The highest BCUT2D eigenvalue weighted by atomic mass is 19.4. The molecule has 10 heteroatoms. The summed E-state index contributed by atoms with van der Waals surface area (Å²) in [7, 11) is 3.21. The van der Waals surface area contributed by atoms with E-state index in [1.54, 1.807) is 11.0 Å². The van der Waals surface area contributed by atoms with Crippen molar-refractivity contribution in [2.75, 3.05) is 27.2 Å².